The SMILES string of the molecule is CCc1nc(N2CCCC2)sc1C(C)(C)N. The lowest BCUT2D eigenvalue weighted by atomic mass is 10.0. The molecule has 0 amide bonds. The van der Waals surface area contributed by atoms with Gasteiger partial charge in [-0.25, -0.2) is 4.98 Å². The highest BCUT2D eigenvalue weighted by atomic mass is 32.1. The molecular formula is C12H21N3S. The third-order valence-electron chi connectivity index (χ3n) is 2.98. The normalized spacial score (nSPS) is 17.1. The van der Waals surface area contributed by atoms with Gasteiger partial charge >= 0.3 is 0 Å². The highest BCUT2D eigenvalue weighted by Gasteiger charge is 2.25. The van der Waals surface area contributed by atoms with Gasteiger partial charge in [0.15, 0.2) is 5.13 Å². The average Bonchev–Trinajstić information content (AvgIpc) is 2.85. The number of aryl methyl sites for hydroxylation is 1. The minimum absolute atomic E-state index is 0.263. The minimum Gasteiger partial charge on any atom is -0.348 e. The maximum atomic E-state index is 6.20. The minimum atomic E-state index is -0.263. The van der Waals surface area contributed by atoms with E-state index in [2.05, 4.69) is 25.7 Å². The zero-order chi connectivity index (χ0) is 11.8. The van der Waals surface area contributed by atoms with Gasteiger partial charge in [-0.3, -0.25) is 0 Å². The van der Waals surface area contributed by atoms with Crippen LogP contribution in [0.1, 0.15) is 44.2 Å². The Morgan fingerprint density at radius 1 is 1.38 bits per heavy atom. The summed E-state index contributed by atoms with van der Waals surface area (Å²) in [5.74, 6) is 0. The molecule has 0 bridgehead atoms. The molecule has 1 fully saturated rings. The third kappa shape index (κ3) is 2.23. The fourth-order valence-electron chi connectivity index (χ4n) is 2.13. The van der Waals surface area contributed by atoms with Crippen molar-refractivity contribution in [2.75, 3.05) is 18.0 Å². The van der Waals surface area contributed by atoms with Crippen molar-refractivity contribution in [2.24, 2.45) is 5.73 Å². The monoisotopic (exact) mass is 239 g/mol. The summed E-state index contributed by atoms with van der Waals surface area (Å²) >= 11 is 1.78. The predicted octanol–water partition coefficient (Wildman–Crippen LogP) is 2.50. The first-order valence-electron chi connectivity index (χ1n) is 6.06. The van der Waals surface area contributed by atoms with Crippen molar-refractivity contribution in [1.82, 2.24) is 4.98 Å². The van der Waals surface area contributed by atoms with Gasteiger partial charge in [-0.05, 0) is 33.1 Å². The first-order valence-corrected chi connectivity index (χ1v) is 6.88. The molecule has 3 nitrogen and oxygen atoms in total. The number of nitrogens with zero attached hydrogens (tertiary/aromatic N) is 2. The molecule has 16 heavy (non-hydrogen) atoms. The molecule has 4 heteroatoms. The van der Waals surface area contributed by atoms with Gasteiger partial charge in [0.25, 0.3) is 0 Å². The number of rotatable bonds is 3. The Balaban J connectivity index is 2.31. The van der Waals surface area contributed by atoms with Gasteiger partial charge in [0, 0.05) is 23.5 Å². The first kappa shape index (κ1) is 11.9. The molecular weight excluding hydrogens is 218 g/mol. The quantitative estimate of drug-likeness (QED) is 0.881. The van der Waals surface area contributed by atoms with Crippen molar-refractivity contribution in [3.63, 3.8) is 0 Å². The molecule has 2 heterocycles. The second kappa shape index (κ2) is 4.34. The smallest absolute Gasteiger partial charge is 0.185 e. The summed E-state index contributed by atoms with van der Waals surface area (Å²) in [5.41, 5.74) is 7.11. The molecule has 0 saturated carbocycles. The molecule has 2 rings (SSSR count). The zero-order valence-electron chi connectivity index (χ0n) is 10.4. The zero-order valence-corrected chi connectivity index (χ0v) is 11.2. The van der Waals surface area contributed by atoms with Crippen molar-refractivity contribution in [2.45, 2.75) is 45.6 Å². The van der Waals surface area contributed by atoms with Gasteiger partial charge in [-0.1, -0.05) is 18.3 Å². The van der Waals surface area contributed by atoms with E-state index < -0.39 is 0 Å². The summed E-state index contributed by atoms with van der Waals surface area (Å²) < 4.78 is 0. The van der Waals surface area contributed by atoms with Crippen molar-refractivity contribution < 1.29 is 0 Å². The fraction of sp³-hybridized carbons (Fsp3) is 0.750. The topological polar surface area (TPSA) is 42.2 Å². The number of nitrogens with two attached hydrogens (primary N) is 1. The van der Waals surface area contributed by atoms with Crippen LogP contribution in [-0.2, 0) is 12.0 Å². The molecule has 0 aliphatic carbocycles. The van der Waals surface area contributed by atoms with Crippen LogP contribution in [0, 0.1) is 0 Å². The van der Waals surface area contributed by atoms with Crippen LogP contribution in [0.4, 0.5) is 5.13 Å². The fourth-order valence-corrected chi connectivity index (χ4v) is 3.35. The highest BCUT2D eigenvalue weighted by Crippen LogP contribution is 2.34. The van der Waals surface area contributed by atoms with Crippen LogP contribution in [0.5, 0.6) is 0 Å². The number of thiazole rings is 1. The molecule has 0 radical (unpaired) electrons. The standard InChI is InChI=1S/C12H21N3S/c1-4-9-10(12(2,3)13)16-11(14-9)15-7-5-6-8-15/h4-8,13H2,1-3H3. The number of hydrogen-bond acceptors (Lipinski definition) is 4. The van der Waals surface area contributed by atoms with Crippen LogP contribution < -0.4 is 10.6 Å². The van der Waals surface area contributed by atoms with Gasteiger partial charge in [0.2, 0.25) is 0 Å². The number of aromatic nitrogens is 1. The Morgan fingerprint density at radius 3 is 2.44 bits per heavy atom. The lowest BCUT2D eigenvalue weighted by molar-refractivity contribution is 0.559. The Morgan fingerprint density at radius 2 is 2.00 bits per heavy atom. The van der Waals surface area contributed by atoms with E-state index in [9.17, 15) is 0 Å². The van der Waals surface area contributed by atoms with E-state index in [0.717, 1.165) is 19.5 Å². The Bertz CT molecular complexity index is 359. The number of anilines is 1. The molecule has 1 saturated heterocycles. The van der Waals surface area contributed by atoms with Crippen LogP contribution in [-0.4, -0.2) is 18.1 Å². The van der Waals surface area contributed by atoms with Crippen LogP contribution in [0.2, 0.25) is 0 Å². The lowest BCUT2D eigenvalue weighted by Crippen LogP contribution is -2.28. The molecule has 90 valence electrons. The summed E-state index contributed by atoms with van der Waals surface area (Å²) in [7, 11) is 0. The molecule has 2 N–H and O–H groups in total. The van der Waals surface area contributed by atoms with Crippen LogP contribution in [0.3, 0.4) is 0 Å². The lowest BCUT2D eigenvalue weighted by Gasteiger charge is -2.17. The van der Waals surface area contributed by atoms with E-state index in [1.54, 1.807) is 11.3 Å². The Kier molecular flexibility index (Phi) is 3.22. The van der Waals surface area contributed by atoms with E-state index in [1.807, 2.05) is 0 Å². The third-order valence-corrected chi connectivity index (χ3v) is 4.48. The van der Waals surface area contributed by atoms with E-state index in [-0.39, 0.29) is 5.54 Å². The van der Waals surface area contributed by atoms with E-state index in [0.29, 0.717) is 0 Å². The van der Waals surface area contributed by atoms with E-state index in [1.165, 1.54) is 28.5 Å². The Hall–Kier alpha value is -0.610. The molecule has 1 aromatic rings. The molecule has 0 spiro atoms. The summed E-state index contributed by atoms with van der Waals surface area (Å²) in [6.07, 6.45) is 3.56. The van der Waals surface area contributed by atoms with E-state index in [4.69, 9.17) is 10.7 Å². The summed E-state index contributed by atoms with van der Waals surface area (Å²) in [6, 6.07) is 0. The predicted molar refractivity (Wildman–Crippen MR) is 70.2 cm³/mol. The van der Waals surface area contributed by atoms with Gasteiger partial charge in [0.05, 0.1) is 5.69 Å². The van der Waals surface area contributed by atoms with Crippen LogP contribution in [0.15, 0.2) is 0 Å². The van der Waals surface area contributed by atoms with Gasteiger partial charge in [-0.15, -0.1) is 0 Å². The second-order valence-electron chi connectivity index (χ2n) is 5.04. The molecule has 0 aromatic carbocycles. The Labute approximate surface area is 102 Å². The molecule has 1 aliphatic heterocycles. The number of hydrogen-bond donors (Lipinski definition) is 1. The van der Waals surface area contributed by atoms with Gasteiger partial charge in [-0.2, -0.15) is 0 Å². The van der Waals surface area contributed by atoms with Gasteiger partial charge < -0.3 is 10.6 Å². The molecule has 0 atom stereocenters. The summed E-state index contributed by atoms with van der Waals surface area (Å²) in [4.78, 5) is 8.38. The van der Waals surface area contributed by atoms with Crippen LogP contribution >= 0.6 is 11.3 Å². The van der Waals surface area contributed by atoms with Crippen molar-refractivity contribution in [3.8, 4) is 0 Å². The summed E-state index contributed by atoms with van der Waals surface area (Å²) in [5, 5.41) is 1.17. The largest absolute Gasteiger partial charge is 0.348 e. The molecule has 1 aliphatic rings. The van der Waals surface area contributed by atoms with Gasteiger partial charge in [0.1, 0.15) is 0 Å². The van der Waals surface area contributed by atoms with Crippen molar-refractivity contribution in [3.05, 3.63) is 10.6 Å². The summed E-state index contributed by atoms with van der Waals surface area (Å²) in [6.45, 7) is 8.58. The molecule has 0 unspecified atom stereocenters. The first-order chi connectivity index (χ1) is 7.52. The van der Waals surface area contributed by atoms with Crippen LogP contribution in [0.25, 0.3) is 0 Å². The van der Waals surface area contributed by atoms with E-state index >= 15 is 0 Å². The second-order valence-corrected chi connectivity index (χ2v) is 6.02. The maximum absolute atomic E-state index is 6.20. The highest BCUT2D eigenvalue weighted by molar-refractivity contribution is 7.15. The van der Waals surface area contributed by atoms with Crippen molar-refractivity contribution >= 4 is 16.5 Å². The molecule has 1 aromatic heterocycles. The average molecular weight is 239 g/mol. The van der Waals surface area contributed by atoms with Crippen molar-refractivity contribution in [1.29, 1.82) is 0 Å². The maximum Gasteiger partial charge on any atom is 0.185 e.